The number of fused-ring (bicyclic) bond motifs is 1. The molecule has 1 heterocycles. The Morgan fingerprint density at radius 1 is 0.970 bits per heavy atom. The zero-order valence-corrected chi connectivity index (χ0v) is 17.5. The highest BCUT2D eigenvalue weighted by Crippen LogP contribution is 2.19. The predicted octanol–water partition coefficient (Wildman–Crippen LogP) is 4.07. The Bertz CT molecular complexity index is 1400. The molecule has 1 amide bonds. The summed E-state index contributed by atoms with van der Waals surface area (Å²) in [6.07, 6.45) is 2.72. The molecule has 0 saturated carbocycles. The molecule has 0 radical (unpaired) electrons. The lowest BCUT2D eigenvalue weighted by atomic mass is 10.1. The molecule has 0 aliphatic heterocycles. The molecule has 0 unspecified atom stereocenters. The second-order valence-electron chi connectivity index (χ2n) is 7.36. The molecule has 8 heteroatoms. The van der Waals surface area contributed by atoms with E-state index < -0.39 is 4.92 Å². The van der Waals surface area contributed by atoms with Crippen molar-refractivity contribution in [2.75, 3.05) is 0 Å². The van der Waals surface area contributed by atoms with Gasteiger partial charge >= 0.3 is 0 Å². The topological polar surface area (TPSA) is 109 Å². The van der Waals surface area contributed by atoms with E-state index in [9.17, 15) is 19.7 Å². The molecule has 0 bridgehead atoms. The van der Waals surface area contributed by atoms with Crippen LogP contribution < -0.4 is 5.56 Å². The highest BCUT2D eigenvalue weighted by Gasteiger charge is 2.16. The Morgan fingerprint density at radius 3 is 2.45 bits per heavy atom. The van der Waals surface area contributed by atoms with Crippen molar-refractivity contribution >= 4 is 28.6 Å². The van der Waals surface area contributed by atoms with E-state index in [2.05, 4.69) is 9.97 Å². The Balaban J connectivity index is 1.64. The first-order valence-corrected chi connectivity index (χ1v) is 10.2. The lowest BCUT2D eigenvalue weighted by molar-refractivity contribution is -0.385. The van der Waals surface area contributed by atoms with Crippen LogP contribution >= 0.6 is 0 Å². The summed E-state index contributed by atoms with van der Waals surface area (Å²) in [5, 5.41) is 11.7. The van der Waals surface area contributed by atoms with Crippen molar-refractivity contribution in [3.63, 3.8) is 0 Å². The Labute approximate surface area is 189 Å². The maximum absolute atomic E-state index is 13.1. The molecular formula is C25H20N4O4. The molecule has 164 valence electrons. The van der Waals surface area contributed by atoms with E-state index >= 15 is 0 Å². The molecule has 0 atom stereocenters. The quantitative estimate of drug-likeness (QED) is 0.265. The highest BCUT2D eigenvalue weighted by atomic mass is 16.6. The zero-order valence-electron chi connectivity index (χ0n) is 17.5. The van der Waals surface area contributed by atoms with Gasteiger partial charge in [0.2, 0.25) is 5.91 Å². The second kappa shape index (κ2) is 9.69. The van der Waals surface area contributed by atoms with Gasteiger partial charge in [0, 0.05) is 18.7 Å². The molecule has 8 nitrogen and oxygen atoms in total. The number of aromatic amines is 1. The summed E-state index contributed by atoms with van der Waals surface area (Å²) >= 11 is 0. The van der Waals surface area contributed by atoms with Gasteiger partial charge in [-0.2, -0.15) is 0 Å². The van der Waals surface area contributed by atoms with Gasteiger partial charge in [-0.05, 0) is 29.8 Å². The minimum Gasteiger partial charge on any atom is -0.327 e. The van der Waals surface area contributed by atoms with Crippen molar-refractivity contribution in [3.05, 3.63) is 122 Å². The Hall–Kier alpha value is -4.59. The standard InChI is InChI=1S/C25H20N4O4/c30-24(15-14-19-10-4-7-13-22(19)29(32)33)28(16-18-8-2-1-3-9-18)17-23-26-21-12-6-5-11-20(21)25(31)27-23/h1-15H,16-17H2,(H,26,27,31)/b15-14+. The molecule has 4 rings (SSSR count). The minimum atomic E-state index is -0.490. The third-order valence-corrected chi connectivity index (χ3v) is 5.07. The van der Waals surface area contributed by atoms with Crippen LogP contribution in [0.2, 0.25) is 0 Å². The number of amides is 1. The summed E-state index contributed by atoms with van der Waals surface area (Å²) in [5.41, 5.74) is 1.40. The van der Waals surface area contributed by atoms with Gasteiger partial charge in [0.1, 0.15) is 5.82 Å². The van der Waals surface area contributed by atoms with Crippen LogP contribution in [0, 0.1) is 10.1 Å². The van der Waals surface area contributed by atoms with Crippen molar-refractivity contribution in [1.82, 2.24) is 14.9 Å². The van der Waals surface area contributed by atoms with Crippen LogP contribution in [0.1, 0.15) is 17.0 Å². The number of para-hydroxylation sites is 2. The number of nitro groups is 1. The average molecular weight is 440 g/mol. The fraction of sp³-hybridized carbons (Fsp3) is 0.0800. The first-order chi connectivity index (χ1) is 16.0. The summed E-state index contributed by atoms with van der Waals surface area (Å²) in [6.45, 7) is 0.340. The number of aromatic nitrogens is 2. The van der Waals surface area contributed by atoms with E-state index in [-0.39, 0.29) is 30.2 Å². The maximum atomic E-state index is 13.1. The largest absolute Gasteiger partial charge is 0.327 e. The van der Waals surface area contributed by atoms with E-state index in [0.29, 0.717) is 22.3 Å². The van der Waals surface area contributed by atoms with Crippen molar-refractivity contribution in [2.45, 2.75) is 13.1 Å². The van der Waals surface area contributed by atoms with Crippen LogP contribution in [0.4, 0.5) is 5.69 Å². The number of hydrogen-bond donors (Lipinski definition) is 1. The van der Waals surface area contributed by atoms with Gasteiger partial charge in [0.25, 0.3) is 11.2 Å². The molecule has 1 aromatic heterocycles. The number of benzene rings is 3. The van der Waals surface area contributed by atoms with E-state index in [4.69, 9.17) is 0 Å². The molecule has 4 aromatic rings. The number of carbonyl (C=O) groups excluding carboxylic acids is 1. The summed E-state index contributed by atoms with van der Waals surface area (Å²) in [6, 6.07) is 22.6. The molecule has 3 aromatic carbocycles. The van der Waals surface area contributed by atoms with Gasteiger partial charge in [-0.1, -0.05) is 54.6 Å². The van der Waals surface area contributed by atoms with Crippen LogP contribution in [0.3, 0.4) is 0 Å². The fourth-order valence-corrected chi connectivity index (χ4v) is 3.47. The van der Waals surface area contributed by atoms with Crippen molar-refractivity contribution in [2.24, 2.45) is 0 Å². The van der Waals surface area contributed by atoms with E-state index in [1.165, 1.54) is 23.1 Å². The van der Waals surface area contributed by atoms with Crippen molar-refractivity contribution < 1.29 is 9.72 Å². The maximum Gasteiger partial charge on any atom is 0.276 e. The van der Waals surface area contributed by atoms with Gasteiger partial charge in [0.15, 0.2) is 0 Å². The van der Waals surface area contributed by atoms with Crippen LogP contribution in [-0.4, -0.2) is 25.7 Å². The van der Waals surface area contributed by atoms with Crippen LogP contribution in [0.5, 0.6) is 0 Å². The fourth-order valence-electron chi connectivity index (χ4n) is 3.47. The highest BCUT2D eigenvalue weighted by molar-refractivity contribution is 5.92. The van der Waals surface area contributed by atoms with Crippen molar-refractivity contribution in [1.29, 1.82) is 0 Å². The summed E-state index contributed by atoms with van der Waals surface area (Å²) < 4.78 is 0. The molecule has 0 aliphatic rings. The van der Waals surface area contributed by atoms with Crippen LogP contribution in [0.25, 0.3) is 17.0 Å². The molecule has 0 saturated heterocycles. The zero-order chi connectivity index (χ0) is 23.2. The number of rotatable bonds is 7. The first kappa shape index (κ1) is 21.6. The van der Waals surface area contributed by atoms with Gasteiger partial charge < -0.3 is 9.88 Å². The van der Waals surface area contributed by atoms with E-state index in [1.807, 2.05) is 30.3 Å². The molecule has 33 heavy (non-hydrogen) atoms. The molecular weight excluding hydrogens is 420 g/mol. The number of hydrogen-bond acceptors (Lipinski definition) is 5. The van der Waals surface area contributed by atoms with Crippen LogP contribution in [0.15, 0.2) is 89.7 Å². The van der Waals surface area contributed by atoms with Crippen molar-refractivity contribution in [3.8, 4) is 0 Å². The molecule has 1 N–H and O–H groups in total. The SMILES string of the molecule is O=C(/C=C/c1ccccc1[N+](=O)[O-])N(Cc1ccccc1)Cc1nc2ccccc2c(=O)[nH]1. The lowest BCUT2D eigenvalue weighted by Gasteiger charge is -2.21. The molecule has 0 aliphatic carbocycles. The smallest absolute Gasteiger partial charge is 0.276 e. The monoisotopic (exact) mass is 440 g/mol. The number of nitro benzene ring substituents is 1. The normalized spacial score (nSPS) is 11.0. The van der Waals surface area contributed by atoms with Gasteiger partial charge in [-0.25, -0.2) is 4.98 Å². The third-order valence-electron chi connectivity index (χ3n) is 5.07. The summed E-state index contributed by atoms with van der Waals surface area (Å²) in [7, 11) is 0. The number of carbonyl (C=O) groups is 1. The molecule has 0 spiro atoms. The number of H-pyrrole nitrogens is 1. The van der Waals surface area contributed by atoms with E-state index in [1.54, 1.807) is 42.5 Å². The summed E-state index contributed by atoms with van der Waals surface area (Å²) in [5.74, 6) is -0.0186. The van der Waals surface area contributed by atoms with Gasteiger partial charge in [0.05, 0.1) is 27.9 Å². The predicted molar refractivity (Wildman–Crippen MR) is 125 cm³/mol. The number of nitrogens with zero attached hydrogens (tertiary/aromatic N) is 3. The van der Waals surface area contributed by atoms with Gasteiger partial charge in [-0.3, -0.25) is 19.7 Å². The average Bonchev–Trinajstić information content (AvgIpc) is 2.83. The van der Waals surface area contributed by atoms with Crippen LogP contribution in [-0.2, 0) is 17.9 Å². The minimum absolute atomic E-state index is 0.0645. The lowest BCUT2D eigenvalue weighted by Crippen LogP contribution is -2.30. The Kier molecular flexibility index (Phi) is 6.36. The third kappa shape index (κ3) is 5.19. The summed E-state index contributed by atoms with van der Waals surface area (Å²) in [4.78, 5) is 45.1. The molecule has 0 fully saturated rings. The Morgan fingerprint density at radius 2 is 1.67 bits per heavy atom. The first-order valence-electron chi connectivity index (χ1n) is 10.2. The second-order valence-corrected chi connectivity index (χ2v) is 7.36. The van der Waals surface area contributed by atoms with E-state index in [0.717, 1.165) is 5.56 Å². The number of nitrogens with one attached hydrogen (secondary N) is 1. The van der Waals surface area contributed by atoms with Gasteiger partial charge in [-0.15, -0.1) is 0 Å².